The van der Waals surface area contributed by atoms with E-state index in [9.17, 15) is 0 Å². The fraction of sp³-hybridized carbons (Fsp3) is 0.833. The Labute approximate surface area is 64.4 Å². The maximum Gasteiger partial charge on any atom is 0.106 e. The summed E-state index contributed by atoms with van der Waals surface area (Å²) in [6.07, 6.45) is 1.04. The van der Waals surface area contributed by atoms with Crippen LogP contribution in [0.25, 0.3) is 0 Å². The molecule has 0 aliphatic rings. The molecule has 3 heteroatoms. The molecule has 0 heterocycles. The van der Waals surface area contributed by atoms with Gasteiger partial charge in [0.1, 0.15) is 7.11 Å². The van der Waals surface area contributed by atoms with Crippen molar-refractivity contribution in [1.29, 1.82) is 0 Å². The van der Waals surface area contributed by atoms with Gasteiger partial charge in [-0.2, -0.15) is 0 Å². The molecule has 0 N–H and O–H groups in total. The zero-order valence-corrected chi connectivity index (χ0v) is 7.60. The van der Waals surface area contributed by atoms with Crippen LogP contribution in [0.15, 0.2) is 5.16 Å². The normalized spacial score (nSPS) is 15.3. The lowest BCUT2D eigenvalue weighted by atomic mass is 10.2. The molecule has 0 aliphatic heterocycles. The Morgan fingerprint density at radius 3 is 2.67 bits per heavy atom. The van der Waals surface area contributed by atoms with E-state index in [1.54, 1.807) is 7.11 Å². The summed E-state index contributed by atoms with van der Waals surface area (Å²) in [6, 6.07) is 0. The Morgan fingerprint density at radius 2 is 2.33 bits per heavy atom. The van der Waals surface area contributed by atoms with Crippen molar-refractivity contribution in [3.05, 3.63) is 0 Å². The fourth-order valence-corrected chi connectivity index (χ4v) is 0.580. The Hall–Kier alpha value is -0.0500. The van der Waals surface area contributed by atoms with E-state index in [1.165, 1.54) is 0 Å². The summed E-state index contributed by atoms with van der Waals surface area (Å²) in [7, 11) is 1.55. The number of alkyl halides is 1. The minimum atomic E-state index is 0.359. The third-order valence-electron chi connectivity index (χ3n) is 1.05. The molecule has 1 unspecified atom stereocenters. The molecule has 0 aliphatic carbocycles. The molecular weight excluding hydrogens is 182 g/mol. The molecule has 9 heavy (non-hydrogen) atoms. The van der Waals surface area contributed by atoms with Crippen molar-refractivity contribution in [3.63, 3.8) is 0 Å². The lowest BCUT2D eigenvalue weighted by molar-refractivity contribution is 0.212. The zero-order valence-electron chi connectivity index (χ0n) is 6.02. The second-order valence-electron chi connectivity index (χ2n) is 1.79. The third-order valence-corrected chi connectivity index (χ3v) is 2.36. The molecule has 0 saturated carbocycles. The highest BCUT2D eigenvalue weighted by Crippen LogP contribution is 2.06. The van der Waals surface area contributed by atoms with Crippen LogP contribution in [0.1, 0.15) is 20.3 Å². The van der Waals surface area contributed by atoms with Crippen LogP contribution in [0.5, 0.6) is 0 Å². The minimum Gasteiger partial charge on any atom is -0.399 e. The maximum absolute atomic E-state index is 4.58. The zero-order chi connectivity index (χ0) is 7.28. The predicted octanol–water partition coefficient (Wildman–Crippen LogP) is 2.18. The molecule has 54 valence electrons. The first-order valence-electron chi connectivity index (χ1n) is 2.94. The van der Waals surface area contributed by atoms with Crippen LogP contribution in [-0.2, 0) is 4.84 Å². The highest BCUT2D eigenvalue weighted by molar-refractivity contribution is 9.10. The molecule has 0 aromatic rings. The van der Waals surface area contributed by atoms with Gasteiger partial charge in [-0.3, -0.25) is 0 Å². The predicted molar refractivity (Wildman–Crippen MR) is 43.1 cm³/mol. The largest absolute Gasteiger partial charge is 0.399 e. The molecule has 0 bridgehead atoms. The summed E-state index contributed by atoms with van der Waals surface area (Å²) >= 11 is 3.43. The molecule has 0 saturated heterocycles. The molecule has 1 atom stereocenters. The Bertz CT molecular complexity index is 103. The number of nitrogens with zero attached hydrogens (tertiary/aromatic N) is 1. The average Bonchev–Trinajstić information content (AvgIpc) is 1.87. The van der Waals surface area contributed by atoms with Crippen LogP contribution < -0.4 is 0 Å². The lowest BCUT2D eigenvalue weighted by Gasteiger charge is -2.02. The van der Waals surface area contributed by atoms with Crippen LogP contribution in [0, 0.1) is 0 Å². The van der Waals surface area contributed by atoms with Crippen LogP contribution >= 0.6 is 15.9 Å². The van der Waals surface area contributed by atoms with E-state index in [2.05, 4.69) is 32.8 Å². The number of halogens is 1. The van der Waals surface area contributed by atoms with E-state index in [0.717, 1.165) is 12.1 Å². The summed E-state index contributed by atoms with van der Waals surface area (Å²) in [4.78, 5) is 4.94. The van der Waals surface area contributed by atoms with Crippen molar-refractivity contribution in [1.82, 2.24) is 0 Å². The first-order chi connectivity index (χ1) is 4.22. The van der Waals surface area contributed by atoms with Gasteiger partial charge in [-0.1, -0.05) is 28.0 Å². The first kappa shape index (κ1) is 8.95. The van der Waals surface area contributed by atoms with E-state index >= 15 is 0 Å². The van der Waals surface area contributed by atoms with Gasteiger partial charge in [-0.15, -0.1) is 0 Å². The molecule has 0 aromatic heterocycles. The molecule has 0 radical (unpaired) electrons. The van der Waals surface area contributed by atoms with Gasteiger partial charge < -0.3 is 4.84 Å². The van der Waals surface area contributed by atoms with E-state index in [4.69, 9.17) is 0 Å². The summed E-state index contributed by atoms with van der Waals surface area (Å²) in [5.74, 6) is 0. The average molecular weight is 194 g/mol. The van der Waals surface area contributed by atoms with Crippen molar-refractivity contribution in [2.75, 3.05) is 7.11 Å². The smallest absolute Gasteiger partial charge is 0.106 e. The van der Waals surface area contributed by atoms with Gasteiger partial charge in [0, 0.05) is 0 Å². The molecular formula is C6H12BrNO. The van der Waals surface area contributed by atoms with Crippen molar-refractivity contribution in [2.45, 2.75) is 25.1 Å². The number of oxime groups is 1. The van der Waals surface area contributed by atoms with Crippen molar-refractivity contribution in [3.8, 4) is 0 Å². The van der Waals surface area contributed by atoms with Gasteiger partial charge in [0.05, 0.1) is 10.5 Å². The number of rotatable bonds is 3. The van der Waals surface area contributed by atoms with E-state index < -0.39 is 0 Å². The molecule has 0 aromatic carbocycles. The van der Waals surface area contributed by atoms with E-state index in [0.29, 0.717) is 4.83 Å². The Kier molecular flexibility index (Phi) is 4.77. The molecule has 0 rings (SSSR count). The lowest BCUT2D eigenvalue weighted by Crippen LogP contribution is -2.08. The molecule has 0 amide bonds. The first-order valence-corrected chi connectivity index (χ1v) is 3.85. The molecule has 2 nitrogen and oxygen atoms in total. The number of hydrogen-bond donors (Lipinski definition) is 0. The summed E-state index contributed by atoms with van der Waals surface area (Å²) in [5.41, 5.74) is 0.986. The van der Waals surface area contributed by atoms with Crippen LogP contribution in [-0.4, -0.2) is 17.6 Å². The Balaban J connectivity index is 3.70. The second kappa shape index (κ2) is 4.79. The quantitative estimate of drug-likeness (QED) is 0.383. The van der Waals surface area contributed by atoms with Gasteiger partial charge in [-0.05, 0) is 13.3 Å². The summed E-state index contributed by atoms with van der Waals surface area (Å²) in [6.45, 7) is 4.03. The second-order valence-corrected chi connectivity index (χ2v) is 2.90. The van der Waals surface area contributed by atoms with Crippen LogP contribution in [0.3, 0.4) is 0 Å². The molecule has 0 spiro atoms. The standard InChI is InChI=1S/C6H12BrNO/c1-4-6(7)5(2)8-9-3/h6H,4H2,1-3H3. The third kappa shape index (κ3) is 3.51. The van der Waals surface area contributed by atoms with Crippen LogP contribution in [0.4, 0.5) is 0 Å². The monoisotopic (exact) mass is 193 g/mol. The minimum absolute atomic E-state index is 0.359. The van der Waals surface area contributed by atoms with E-state index in [1.807, 2.05) is 6.92 Å². The van der Waals surface area contributed by atoms with E-state index in [-0.39, 0.29) is 0 Å². The van der Waals surface area contributed by atoms with Gasteiger partial charge in [-0.25, -0.2) is 0 Å². The Morgan fingerprint density at radius 1 is 1.78 bits per heavy atom. The summed E-state index contributed by atoms with van der Waals surface area (Å²) < 4.78 is 0. The summed E-state index contributed by atoms with van der Waals surface area (Å²) in [5, 5.41) is 3.77. The fourth-order valence-electron chi connectivity index (χ4n) is 0.497. The maximum atomic E-state index is 4.58. The number of hydrogen-bond acceptors (Lipinski definition) is 2. The highest BCUT2D eigenvalue weighted by Gasteiger charge is 2.03. The van der Waals surface area contributed by atoms with Gasteiger partial charge >= 0.3 is 0 Å². The van der Waals surface area contributed by atoms with Gasteiger partial charge in [0.2, 0.25) is 0 Å². The topological polar surface area (TPSA) is 21.6 Å². The van der Waals surface area contributed by atoms with Crippen molar-refractivity contribution >= 4 is 21.6 Å². The van der Waals surface area contributed by atoms with Crippen molar-refractivity contribution < 1.29 is 4.84 Å². The van der Waals surface area contributed by atoms with Crippen LogP contribution in [0.2, 0.25) is 0 Å². The van der Waals surface area contributed by atoms with Gasteiger partial charge in [0.15, 0.2) is 0 Å². The SMILES string of the molecule is CCC(Br)C(C)=NOC. The molecule has 0 fully saturated rings. The highest BCUT2D eigenvalue weighted by atomic mass is 79.9. The van der Waals surface area contributed by atoms with Crippen molar-refractivity contribution in [2.24, 2.45) is 5.16 Å². The van der Waals surface area contributed by atoms with Gasteiger partial charge in [0.25, 0.3) is 0 Å².